The molecule has 0 aliphatic heterocycles. The second-order valence-electron chi connectivity index (χ2n) is 7.90. The van der Waals surface area contributed by atoms with Crippen LogP contribution in [0.5, 0.6) is 0 Å². The third-order valence-corrected chi connectivity index (χ3v) is 6.27. The van der Waals surface area contributed by atoms with Crippen molar-refractivity contribution in [2.24, 2.45) is 5.73 Å². The van der Waals surface area contributed by atoms with Crippen LogP contribution >= 0.6 is 0 Å². The number of amides is 2. The fourth-order valence-electron chi connectivity index (χ4n) is 3.42. The van der Waals surface area contributed by atoms with Crippen LogP contribution in [0.3, 0.4) is 0 Å². The lowest BCUT2D eigenvalue weighted by molar-refractivity contribution is 0.0998. The number of rotatable bonds is 9. The van der Waals surface area contributed by atoms with Crippen molar-refractivity contribution in [3.8, 4) is 0 Å². The van der Waals surface area contributed by atoms with Crippen molar-refractivity contribution < 1.29 is 22.7 Å². The van der Waals surface area contributed by atoms with Gasteiger partial charge in [0.1, 0.15) is 0 Å². The van der Waals surface area contributed by atoms with Gasteiger partial charge < -0.3 is 10.5 Å². The Kier molecular flexibility index (Phi) is 7.70. The van der Waals surface area contributed by atoms with Crippen LogP contribution in [0.4, 0.5) is 17.1 Å². The number of hydrogen-bond acceptors (Lipinski definition) is 5. The quantitative estimate of drug-likeness (QED) is 0.482. The molecule has 0 unspecified atom stereocenters. The average molecular weight is 482 g/mol. The molecule has 0 heterocycles. The summed E-state index contributed by atoms with van der Waals surface area (Å²) < 4.78 is 32.0. The van der Waals surface area contributed by atoms with E-state index in [-0.39, 0.29) is 29.2 Å². The molecule has 3 N–H and O–H groups in total. The lowest BCUT2D eigenvalue weighted by Crippen LogP contribution is -2.27. The largest absolute Gasteiger partial charge is 0.384 e. The molecule has 0 radical (unpaired) electrons. The van der Waals surface area contributed by atoms with Gasteiger partial charge in [0.2, 0.25) is 15.9 Å². The first kappa shape index (κ1) is 24.9. The van der Waals surface area contributed by atoms with Crippen molar-refractivity contribution in [1.82, 2.24) is 0 Å². The van der Waals surface area contributed by atoms with Crippen molar-refractivity contribution in [3.63, 3.8) is 0 Å². The number of nitrogens with one attached hydrogen (secondary N) is 1. The van der Waals surface area contributed by atoms with Gasteiger partial charge in [-0.1, -0.05) is 24.3 Å². The number of methoxy groups -OCH3 is 1. The topological polar surface area (TPSA) is 119 Å². The van der Waals surface area contributed by atoms with E-state index in [1.165, 1.54) is 30.2 Å². The summed E-state index contributed by atoms with van der Waals surface area (Å²) in [6, 6.07) is 18.9. The number of primary amides is 1. The standard InChI is InChI=1S/C25H27N3O5S/c1-17-6-4-8-22(12-17)28(23-9-5-7-18(2)13-23)25(30)20-14-19(24(26)29)15-21(16-20)27-34(31,32)11-10-33-3/h4-9,12-16,27H,10-11H2,1-3H3,(H2,26,29). The minimum atomic E-state index is -3.77. The van der Waals surface area contributed by atoms with Gasteiger partial charge in [-0.25, -0.2) is 8.42 Å². The highest BCUT2D eigenvalue weighted by atomic mass is 32.2. The number of nitrogens with two attached hydrogens (primary N) is 1. The third-order valence-electron chi connectivity index (χ3n) is 5.02. The molecular formula is C25H27N3O5S. The van der Waals surface area contributed by atoms with Gasteiger partial charge in [-0.05, 0) is 67.4 Å². The molecule has 0 aromatic heterocycles. The van der Waals surface area contributed by atoms with E-state index in [2.05, 4.69) is 4.72 Å². The Morgan fingerprint density at radius 1 is 0.912 bits per heavy atom. The lowest BCUT2D eigenvalue weighted by atomic mass is 10.1. The molecule has 0 aliphatic rings. The molecule has 178 valence electrons. The fourth-order valence-corrected chi connectivity index (χ4v) is 4.39. The summed E-state index contributed by atoms with van der Waals surface area (Å²) in [5.41, 5.74) is 8.81. The number of aryl methyl sites for hydroxylation is 2. The minimum Gasteiger partial charge on any atom is -0.384 e. The van der Waals surface area contributed by atoms with E-state index in [0.29, 0.717) is 11.4 Å². The molecule has 0 atom stereocenters. The van der Waals surface area contributed by atoms with Crippen LogP contribution < -0.4 is 15.4 Å². The first-order valence-corrected chi connectivity index (χ1v) is 12.2. The summed E-state index contributed by atoms with van der Waals surface area (Å²) >= 11 is 0. The number of carbonyl (C=O) groups excluding carboxylic acids is 2. The van der Waals surface area contributed by atoms with Gasteiger partial charge in [0, 0.05) is 29.6 Å². The van der Waals surface area contributed by atoms with Gasteiger partial charge in [-0.15, -0.1) is 0 Å². The van der Waals surface area contributed by atoms with Gasteiger partial charge in [0.05, 0.1) is 18.0 Å². The van der Waals surface area contributed by atoms with Crippen LogP contribution in [0.2, 0.25) is 0 Å². The van der Waals surface area contributed by atoms with Gasteiger partial charge in [-0.3, -0.25) is 19.2 Å². The summed E-state index contributed by atoms with van der Waals surface area (Å²) in [6.45, 7) is 3.83. The van der Waals surface area contributed by atoms with Crippen LogP contribution in [0.15, 0.2) is 66.7 Å². The van der Waals surface area contributed by atoms with Crippen LogP contribution in [0, 0.1) is 13.8 Å². The fraction of sp³-hybridized carbons (Fsp3) is 0.200. The number of sulfonamides is 1. The van der Waals surface area contributed by atoms with E-state index in [1.54, 1.807) is 12.1 Å². The Labute approximate surface area is 199 Å². The van der Waals surface area contributed by atoms with E-state index >= 15 is 0 Å². The highest BCUT2D eigenvalue weighted by Gasteiger charge is 2.23. The maximum atomic E-state index is 13.8. The Morgan fingerprint density at radius 3 is 1.97 bits per heavy atom. The zero-order valence-corrected chi connectivity index (χ0v) is 20.1. The Bertz CT molecular complexity index is 1280. The first-order valence-electron chi connectivity index (χ1n) is 10.5. The van der Waals surface area contributed by atoms with Gasteiger partial charge in [0.15, 0.2) is 0 Å². The van der Waals surface area contributed by atoms with Gasteiger partial charge in [0.25, 0.3) is 5.91 Å². The van der Waals surface area contributed by atoms with Gasteiger partial charge >= 0.3 is 0 Å². The second-order valence-corrected chi connectivity index (χ2v) is 9.74. The predicted octanol–water partition coefficient (Wildman–Crippen LogP) is 3.77. The van der Waals surface area contributed by atoms with Crippen LogP contribution in [0.25, 0.3) is 0 Å². The van der Waals surface area contributed by atoms with E-state index in [1.807, 2.05) is 50.2 Å². The molecule has 0 saturated carbocycles. The molecule has 3 aromatic rings. The molecule has 2 amide bonds. The highest BCUT2D eigenvalue weighted by Crippen LogP contribution is 2.30. The molecule has 8 nitrogen and oxygen atoms in total. The maximum Gasteiger partial charge on any atom is 0.262 e. The maximum absolute atomic E-state index is 13.8. The predicted molar refractivity (Wildman–Crippen MR) is 133 cm³/mol. The monoisotopic (exact) mass is 481 g/mol. The average Bonchev–Trinajstić information content (AvgIpc) is 2.77. The summed E-state index contributed by atoms with van der Waals surface area (Å²) in [7, 11) is -2.38. The van der Waals surface area contributed by atoms with Gasteiger partial charge in [-0.2, -0.15) is 0 Å². The molecule has 0 fully saturated rings. The molecule has 0 aliphatic carbocycles. The van der Waals surface area contributed by atoms with Crippen molar-refractivity contribution in [2.75, 3.05) is 29.1 Å². The van der Waals surface area contributed by atoms with Crippen molar-refractivity contribution in [1.29, 1.82) is 0 Å². The van der Waals surface area contributed by atoms with E-state index in [0.717, 1.165) is 11.1 Å². The lowest BCUT2D eigenvalue weighted by Gasteiger charge is -2.24. The molecule has 9 heteroatoms. The molecule has 0 saturated heterocycles. The SMILES string of the molecule is COCCS(=O)(=O)Nc1cc(C(N)=O)cc(C(=O)N(c2cccc(C)c2)c2cccc(C)c2)c1. The number of ether oxygens (including phenoxy) is 1. The smallest absolute Gasteiger partial charge is 0.262 e. The number of benzene rings is 3. The van der Waals surface area contributed by atoms with Crippen LogP contribution in [-0.4, -0.2) is 39.7 Å². The number of carbonyl (C=O) groups is 2. The molecular weight excluding hydrogens is 454 g/mol. The highest BCUT2D eigenvalue weighted by molar-refractivity contribution is 7.92. The zero-order valence-electron chi connectivity index (χ0n) is 19.2. The number of hydrogen-bond donors (Lipinski definition) is 2. The van der Waals surface area contributed by atoms with E-state index < -0.39 is 21.8 Å². The summed E-state index contributed by atoms with van der Waals surface area (Å²) in [5, 5.41) is 0. The molecule has 3 aromatic carbocycles. The van der Waals surface area contributed by atoms with E-state index in [9.17, 15) is 18.0 Å². The van der Waals surface area contributed by atoms with Crippen LogP contribution in [0.1, 0.15) is 31.8 Å². The Morgan fingerprint density at radius 2 is 1.47 bits per heavy atom. The van der Waals surface area contributed by atoms with Crippen molar-refractivity contribution in [3.05, 3.63) is 89.0 Å². The Balaban J connectivity index is 2.11. The normalized spacial score (nSPS) is 11.1. The Hall–Kier alpha value is -3.69. The molecule has 0 spiro atoms. The van der Waals surface area contributed by atoms with Crippen molar-refractivity contribution in [2.45, 2.75) is 13.8 Å². The minimum absolute atomic E-state index is 0.00345. The van der Waals surface area contributed by atoms with Crippen molar-refractivity contribution >= 4 is 38.9 Å². The zero-order chi connectivity index (χ0) is 24.9. The molecule has 0 bridgehead atoms. The van der Waals surface area contributed by atoms with Crippen LogP contribution in [-0.2, 0) is 14.8 Å². The molecule has 3 rings (SSSR count). The van der Waals surface area contributed by atoms with E-state index in [4.69, 9.17) is 10.5 Å². The number of nitrogens with zero attached hydrogens (tertiary/aromatic N) is 1. The summed E-state index contributed by atoms with van der Waals surface area (Å²) in [5.74, 6) is -1.52. The number of anilines is 3. The summed E-state index contributed by atoms with van der Waals surface area (Å²) in [6.07, 6.45) is 0. The second kappa shape index (κ2) is 10.5. The molecule has 34 heavy (non-hydrogen) atoms. The third kappa shape index (κ3) is 6.21. The first-order chi connectivity index (χ1) is 16.1. The summed E-state index contributed by atoms with van der Waals surface area (Å²) in [4.78, 5) is 27.3.